The number of nitrogens with one attached hydrogen (secondary N) is 1. The first-order valence-corrected chi connectivity index (χ1v) is 16.1. The van der Waals surface area contributed by atoms with E-state index in [0.717, 1.165) is 32.0 Å². The van der Waals surface area contributed by atoms with E-state index >= 15 is 4.39 Å². The first-order chi connectivity index (χ1) is 23.7. The Morgan fingerprint density at radius 3 is 2.16 bits per heavy atom. The second-order valence-electron chi connectivity index (χ2n) is 12.0. The van der Waals surface area contributed by atoms with Crippen LogP contribution in [-0.2, 0) is 16.1 Å². The van der Waals surface area contributed by atoms with Gasteiger partial charge in [0, 0.05) is 29.8 Å². The van der Waals surface area contributed by atoms with E-state index in [2.05, 4.69) is 10.2 Å². The number of hydrogen-bond acceptors (Lipinski definition) is 8. The fourth-order valence-corrected chi connectivity index (χ4v) is 6.94. The third-order valence-electron chi connectivity index (χ3n) is 8.75. The van der Waals surface area contributed by atoms with Crippen LogP contribution in [0.3, 0.4) is 0 Å². The number of aromatic carboxylic acids is 1. The molecule has 11 nitrogen and oxygen atoms in total. The molecule has 3 aromatic rings. The van der Waals surface area contributed by atoms with Gasteiger partial charge in [-0.05, 0) is 37.1 Å². The van der Waals surface area contributed by atoms with Crippen molar-refractivity contribution >= 4 is 46.7 Å². The molecule has 17 heteroatoms. The normalized spacial score (nSPS) is 19.8. The fourth-order valence-electron chi connectivity index (χ4n) is 6.31. The van der Waals surface area contributed by atoms with E-state index in [0.29, 0.717) is 41.5 Å². The van der Waals surface area contributed by atoms with Gasteiger partial charge in [0.15, 0.2) is 6.73 Å². The van der Waals surface area contributed by atoms with Gasteiger partial charge < -0.3 is 39.5 Å². The number of hydrogen-bond donors (Lipinski definition) is 3. The van der Waals surface area contributed by atoms with E-state index in [9.17, 15) is 27.9 Å². The van der Waals surface area contributed by atoms with Gasteiger partial charge in [0.1, 0.15) is 23.4 Å². The Hall–Kier alpha value is -4.31. The van der Waals surface area contributed by atoms with Crippen LogP contribution < -0.4 is 19.7 Å². The lowest BCUT2D eigenvalue weighted by molar-refractivity contribution is -0.192. The molecule has 7 rings (SSSR count). The summed E-state index contributed by atoms with van der Waals surface area (Å²) in [6, 6.07) is 11.2. The van der Waals surface area contributed by atoms with Gasteiger partial charge in [-0.15, -0.1) is 0 Å². The molecule has 4 heterocycles. The van der Waals surface area contributed by atoms with Crippen LogP contribution in [0.1, 0.15) is 39.1 Å². The number of aliphatic carboxylic acids is 1. The number of alkyl halides is 3. The summed E-state index contributed by atoms with van der Waals surface area (Å²) >= 11 is 13.0. The van der Waals surface area contributed by atoms with Crippen molar-refractivity contribution in [1.82, 2.24) is 10.2 Å². The van der Waals surface area contributed by atoms with Crippen molar-refractivity contribution in [2.45, 2.75) is 43.8 Å². The Morgan fingerprint density at radius 2 is 1.60 bits per heavy atom. The Balaban J connectivity index is 0.000000561. The van der Waals surface area contributed by atoms with E-state index in [-0.39, 0.29) is 58.2 Å². The van der Waals surface area contributed by atoms with Crippen molar-refractivity contribution in [3.05, 3.63) is 75.0 Å². The molecule has 0 aliphatic carbocycles. The number of carboxylic acid groups (broad SMARTS) is 2. The molecule has 0 aromatic heterocycles. The number of halogens is 6. The minimum atomic E-state index is -5.08. The average molecular weight is 743 g/mol. The average Bonchev–Trinajstić information content (AvgIpc) is 3.28. The summed E-state index contributed by atoms with van der Waals surface area (Å²) in [7, 11) is 0. The quantitative estimate of drug-likeness (QED) is 0.264. The van der Waals surface area contributed by atoms with Gasteiger partial charge in [-0.1, -0.05) is 41.4 Å². The molecule has 3 saturated heterocycles. The zero-order valence-corrected chi connectivity index (χ0v) is 27.4. The maximum Gasteiger partial charge on any atom is 0.490 e. The van der Waals surface area contributed by atoms with E-state index < -0.39 is 29.8 Å². The van der Waals surface area contributed by atoms with Crippen molar-refractivity contribution in [3.63, 3.8) is 0 Å². The minimum Gasteiger partial charge on any atom is -0.488 e. The summed E-state index contributed by atoms with van der Waals surface area (Å²) in [5, 5.41) is 20.5. The van der Waals surface area contributed by atoms with Crippen LogP contribution in [0, 0.1) is 5.82 Å². The lowest BCUT2D eigenvalue weighted by atomic mass is 9.96. The summed E-state index contributed by atoms with van der Waals surface area (Å²) in [4.78, 5) is 38.1. The number of para-hydroxylation sites is 1. The van der Waals surface area contributed by atoms with Crippen molar-refractivity contribution in [2.24, 2.45) is 0 Å². The number of fused-ring (bicyclic) bond motifs is 3. The van der Waals surface area contributed by atoms with E-state index in [1.165, 1.54) is 4.90 Å². The first-order valence-electron chi connectivity index (χ1n) is 15.4. The van der Waals surface area contributed by atoms with Gasteiger partial charge in [0.25, 0.3) is 5.91 Å². The first kappa shape index (κ1) is 35.5. The van der Waals surface area contributed by atoms with Gasteiger partial charge in [-0.3, -0.25) is 4.79 Å². The summed E-state index contributed by atoms with van der Waals surface area (Å²) in [6.07, 6.45) is -3.29. The van der Waals surface area contributed by atoms with E-state index in [1.54, 1.807) is 36.4 Å². The smallest absolute Gasteiger partial charge is 0.488 e. The predicted molar refractivity (Wildman–Crippen MR) is 172 cm³/mol. The molecule has 3 fully saturated rings. The summed E-state index contributed by atoms with van der Waals surface area (Å²) in [5.74, 6) is -4.11. The number of anilines is 1. The molecular weight excluding hydrogens is 713 g/mol. The van der Waals surface area contributed by atoms with Crippen LogP contribution in [0.2, 0.25) is 10.0 Å². The third kappa shape index (κ3) is 7.13. The molecule has 2 atom stereocenters. The summed E-state index contributed by atoms with van der Waals surface area (Å²) in [5.41, 5.74) is 1.89. The highest BCUT2D eigenvalue weighted by molar-refractivity contribution is 6.39. The Bertz CT molecular complexity index is 1800. The number of rotatable bonds is 6. The van der Waals surface area contributed by atoms with Crippen LogP contribution in [-0.4, -0.2) is 90.4 Å². The van der Waals surface area contributed by atoms with Gasteiger partial charge in [-0.25, -0.2) is 14.0 Å². The predicted octanol–water partition coefficient (Wildman–Crippen LogP) is 5.84. The molecule has 1 amide bonds. The largest absolute Gasteiger partial charge is 0.490 e. The number of morpholine rings is 1. The third-order valence-corrected chi connectivity index (χ3v) is 9.35. The molecule has 3 N–H and O–H groups in total. The van der Waals surface area contributed by atoms with Crippen LogP contribution >= 0.6 is 23.2 Å². The van der Waals surface area contributed by atoms with Crippen molar-refractivity contribution in [3.8, 4) is 22.6 Å². The molecule has 0 saturated carbocycles. The van der Waals surface area contributed by atoms with Gasteiger partial charge in [-0.2, -0.15) is 13.2 Å². The van der Waals surface area contributed by atoms with Crippen LogP contribution in [0.5, 0.6) is 11.5 Å². The Kier molecular flexibility index (Phi) is 10.0. The van der Waals surface area contributed by atoms with Crippen molar-refractivity contribution < 1.29 is 56.4 Å². The molecule has 3 aromatic carbocycles. The number of benzene rings is 3. The second kappa shape index (κ2) is 14.1. The molecule has 2 bridgehead atoms. The standard InChI is InChI=1S/C31H28Cl2FN3O6.C2HF3O2/c32-24-6-19(43-20-10-35-11-20)7-25(33)28(24)30(38)36-12-16-2-1-3-21(29(16)42-15-36)22-9-27(23(31(39)40)8-26(22)34)37-17-4-5-18(37)14-41-13-17;3-2(4,5)1(6)7/h1-3,6-9,17-18,20,35H,4-5,10-15H2,(H,39,40);(H,6,7). The molecular formula is C33H29Cl2F4N3O8. The van der Waals surface area contributed by atoms with Crippen LogP contribution in [0.15, 0.2) is 42.5 Å². The zero-order chi connectivity index (χ0) is 35.9. The number of carbonyl (C=O) groups excluding carboxylic acids is 1. The zero-order valence-electron chi connectivity index (χ0n) is 25.9. The van der Waals surface area contributed by atoms with Crippen LogP contribution in [0.4, 0.5) is 23.2 Å². The number of amides is 1. The minimum absolute atomic E-state index is 0.0279. The highest BCUT2D eigenvalue weighted by Gasteiger charge is 2.40. The second-order valence-corrected chi connectivity index (χ2v) is 12.8. The summed E-state index contributed by atoms with van der Waals surface area (Å²) in [6.45, 7) is 2.51. The highest BCUT2D eigenvalue weighted by Crippen LogP contribution is 2.43. The van der Waals surface area contributed by atoms with Gasteiger partial charge in [0.2, 0.25) is 0 Å². The molecule has 0 radical (unpaired) electrons. The van der Waals surface area contributed by atoms with E-state index in [4.69, 9.17) is 47.3 Å². The van der Waals surface area contributed by atoms with Gasteiger partial charge in [0.05, 0.1) is 58.7 Å². The number of ether oxygens (including phenoxy) is 3. The van der Waals surface area contributed by atoms with Gasteiger partial charge >= 0.3 is 18.1 Å². The maximum absolute atomic E-state index is 15.6. The monoisotopic (exact) mass is 741 g/mol. The lowest BCUT2D eigenvalue weighted by Crippen LogP contribution is -2.50. The number of nitrogens with zero attached hydrogens (tertiary/aromatic N) is 2. The van der Waals surface area contributed by atoms with E-state index in [1.807, 2.05) is 0 Å². The fraction of sp³-hybridized carbons (Fsp3) is 0.364. The highest BCUT2D eigenvalue weighted by atomic mass is 35.5. The number of carbonyl (C=O) groups is 3. The van der Waals surface area contributed by atoms with Crippen molar-refractivity contribution in [1.29, 1.82) is 0 Å². The Labute approximate surface area is 292 Å². The van der Waals surface area contributed by atoms with Crippen molar-refractivity contribution in [2.75, 3.05) is 37.9 Å². The molecule has 4 aliphatic heterocycles. The number of carboxylic acids is 2. The molecule has 0 spiro atoms. The van der Waals surface area contributed by atoms with Crippen LogP contribution in [0.25, 0.3) is 11.1 Å². The lowest BCUT2D eigenvalue weighted by Gasteiger charge is -2.37. The Morgan fingerprint density at radius 1 is 0.960 bits per heavy atom. The molecule has 2 unspecified atom stereocenters. The molecule has 4 aliphatic rings. The SMILES string of the molecule is O=C(O)C(F)(F)F.O=C(O)c1cc(F)c(-c2cccc3c2OCN(C(=O)c2c(Cl)cc(OC4CNC4)cc2Cl)C3)cc1N1C2CCC1COC2. The molecule has 50 heavy (non-hydrogen) atoms. The summed E-state index contributed by atoms with van der Waals surface area (Å²) < 4.78 is 64.9. The molecule has 266 valence electrons. The maximum atomic E-state index is 15.6. The topological polar surface area (TPSA) is 138 Å².